The van der Waals surface area contributed by atoms with E-state index in [1.807, 2.05) is 0 Å². The molecule has 6 bridgehead atoms. The molecule has 11 rings (SSSR count). The summed E-state index contributed by atoms with van der Waals surface area (Å²) >= 11 is 0. The smallest absolute Gasteiger partial charge is 0.205 e. The molecule has 0 saturated heterocycles. The van der Waals surface area contributed by atoms with Gasteiger partial charge in [-0.15, -0.1) is 0 Å². The third kappa shape index (κ3) is 4.48. The maximum Gasteiger partial charge on any atom is 0.205 e. The Labute approximate surface area is 298 Å². The quantitative estimate of drug-likeness (QED) is 0.169. The van der Waals surface area contributed by atoms with E-state index in [0.29, 0.717) is 53.1 Å². The van der Waals surface area contributed by atoms with E-state index in [2.05, 4.69) is 12.1 Å². The van der Waals surface area contributed by atoms with Gasteiger partial charge in [-0.25, -0.2) is 17.2 Å². The molecular formula is C42H47F4O4S-. The zero-order chi connectivity index (χ0) is 34.7. The Morgan fingerprint density at radius 3 is 1.33 bits per heavy atom. The fourth-order valence-corrected chi connectivity index (χ4v) is 16.5. The molecular weight excluding hydrogens is 677 g/mol. The minimum atomic E-state index is -5.83. The number of rotatable bonds is 6. The molecule has 2 aromatic rings. The lowest BCUT2D eigenvalue weighted by molar-refractivity contribution is 0.221. The Bertz CT molecular complexity index is 1840. The summed E-state index contributed by atoms with van der Waals surface area (Å²) in [4.78, 5) is -2.14. The van der Waals surface area contributed by atoms with Crippen molar-refractivity contribution in [2.24, 2.45) is 71.0 Å². The van der Waals surface area contributed by atoms with Gasteiger partial charge in [0, 0.05) is 0 Å². The van der Waals surface area contributed by atoms with Crippen molar-refractivity contribution in [2.45, 2.75) is 119 Å². The van der Waals surface area contributed by atoms with Gasteiger partial charge >= 0.3 is 0 Å². The number of ether oxygens (including phenoxy) is 1. The topological polar surface area (TPSA) is 66.4 Å². The molecule has 9 saturated carbocycles. The molecule has 2 aromatic carbocycles. The standard InChI is InChI=1S/C42H48F4O4S/c43-36-38(45)42(51(47,48)49)39(46)37(44)41(36)50-40-34(32-14-19-12-30(32)26-8-2-5-23(19)26)16-21(28-10-18-11-29(28)25-7-1-4-22(18)25)17-35(40)33-15-20-13-31(33)27-9-3-6-24(20)27/h16-20,22-33H,1-15H2,(H,47,48,49)/p-1. The molecule has 9 aliphatic carbocycles. The van der Waals surface area contributed by atoms with E-state index in [1.165, 1.54) is 76.2 Å². The van der Waals surface area contributed by atoms with Gasteiger partial charge in [0.2, 0.25) is 17.4 Å². The van der Waals surface area contributed by atoms with Crippen LogP contribution in [0.3, 0.4) is 0 Å². The number of hydrogen-bond donors (Lipinski definition) is 0. The van der Waals surface area contributed by atoms with Gasteiger partial charge in [0.25, 0.3) is 0 Å². The van der Waals surface area contributed by atoms with Crippen LogP contribution in [0.4, 0.5) is 17.6 Å². The molecule has 51 heavy (non-hydrogen) atoms. The Morgan fingerprint density at radius 1 is 0.510 bits per heavy atom. The summed E-state index contributed by atoms with van der Waals surface area (Å²) in [5.41, 5.74) is 3.21. The largest absolute Gasteiger partial charge is 0.744 e. The number of benzene rings is 2. The molecule has 15 unspecified atom stereocenters. The van der Waals surface area contributed by atoms with E-state index >= 15 is 17.6 Å². The van der Waals surface area contributed by atoms with E-state index in [0.717, 1.165) is 66.4 Å². The molecule has 0 radical (unpaired) electrons. The van der Waals surface area contributed by atoms with E-state index < -0.39 is 44.0 Å². The molecule has 9 heteroatoms. The second-order valence-corrected chi connectivity index (χ2v) is 20.1. The minimum absolute atomic E-state index is 0.126. The monoisotopic (exact) mass is 723 g/mol. The van der Waals surface area contributed by atoms with Gasteiger partial charge in [0.05, 0.1) is 0 Å². The molecule has 0 spiro atoms. The highest BCUT2D eigenvalue weighted by Gasteiger charge is 2.58. The van der Waals surface area contributed by atoms with Crippen LogP contribution in [0.15, 0.2) is 17.0 Å². The molecule has 4 nitrogen and oxygen atoms in total. The molecule has 274 valence electrons. The lowest BCUT2D eigenvalue weighted by Gasteiger charge is -2.38. The van der Waals surface area contributed by atoms with Crippen LogP contribution in [0, 0.1) is 94.3 Å². The molecule has 9 aliphatic rings. The van der Waals surface area contributed by atoms with Gasteiger partial charge in [0.15, 0.2) is 11.6 Å². The SMILES string of the molecule is O=S(=O)([O-])c1c(F)c(F)c(Oc2c(C3CC4CC3C3CCCC43)cc(C3CC4CC3C3CCCC43)cc2C2CC3CC2C2CCCC32)c(F)c1F. The summed E-state index contributed by atoms with van der Waals surface area (Å²) in [6.45, 7) is 0. The van der Waals surface area contributed by atoms with Crippen LogP contribution in [0.5, 0.6) is 11.5 Å². The van der Waals surface area contributed by atoms with Crippen molar-refractivity contribution in [3.63, 3.8) is 0 Å². The third-order valence-electron chi connectivity index (χ3n) is 17.3. The molecule has 0 heterocycles. The summed E-state index contributed by atoms with van der Waals surface area (Å²) < 4.78 is 104. The zero-order valence-electron chi connectivity index (χ0n) is 29.0. The zero-order valence-corrected chi connectivity index (χ0v) is 29.8. The Kier molecular flexibility index (Phi) is 7.10. The lowest BCUT2D eigenvalue weighted by Crippen LogP contribution is -2.27. The molecule has 0 aromatic heterocycles. The Morgan fingerprint density at radius 2 is 0.902 bits per heavy atom. The van der Waals surface area contributed by atoms with E-state index in [1.54, 1.807) is 0 Å². The fourth-order valence-electron chi connectivity index (χ4n) is 15.9. The van der Waals surface area contributed by atoms with E-state index in [9.17, 15) is 13.0 Å². The van der Waals surface area contributed by atoms with Crippen molar-refractivity contribution >= 4 is 10.1 Å². The predicted molar refractivity (Wildman–Crippen MR) is 180 cm³/mol. The summed E-state index contributed by atoms with van der Waals surface area (Å²) in [5.74, 6) is -0.905. The molecule has 0 amide bonds. The number of halogens is 4. The first kappa shape index (κ1) is 32.3. The van der Waals surface area contributed by atoms with Crippen LogP contribution in [-0.4, -0.2) is 13.0 Å². The maximum atomic E-state index is 15.8. The van der Waals surface area contributed by atoms with Crippen LogP contribution >= 0.6 is 0 Å². The number of hydrogen-bond acceptors (Lipinski definition) is 4. The third-order valence-corrected chi connectivity index (χ3v) is 18.2. The summed E-state index contributed by atoms with van der Waals surface area (Å²) in [6, 6.07) is 4.57. The van der Waals surface area contributed by atoms with Crippen molar-refractivity contribution in [2.75, 3.05) is 0 Å². The highest BCUT2D eigenvalue weighted by atomic mass is 32.2. The van der Waals surface area contributed by atoms with Crippen molar-refractivity contribution in [3.05, 3.63) is 52.1 Å². The minimum Gasteiger partial charge on any atom is -0.744 e. The second kappa shape index (κ2) is 11.2. The van der Waals surface area contributed by atoms with Crippen molar-refractivity contribution in [1.29, 1.82) is 0 Å². The van der Waals surface area contributed by atoms with Crippen molar-refractivity contribution in [3.8, 4) is 11.5 Å². The highest BCUT2D eigenvalue weighted by Crippen LogP contribution is 2.69. The van der Waals surface area contributed by atoms with Crippen LogP contribution in [0.25, 0.3) is 0 Å². The van der Waals surface area contributed by atoms with Crippen molar-refractivity contribution in [1.82, 2.24) is 0 Å². The first-order valence-electron chi connectivity index (χ1n) is 20.2. The van der Waals surface area contributed by atoms with Gasteiger partial charge < -0.3 is 9.29 Å². The lowest BCUT2D eigenvalue weighted by atomic mass is 9.68. The van der Waals surface area contributed by atoms with Crippen LogP contribution < -0.4 is 4.74 Å². The van der Waals surface area contributed by atoms with Crippen LogP contribution in [-0.2, 0) is 10.1 Å². The Balaban J connectivity index is 1.10. The predicted octanol–water partition coefficient (Wildman–Crippen LogP) is 10.6. The summed E-state index contributed by atoms with van der Waals surface area (Å²) in [5, 5.41) is 0. The van der Waals surface area contributed by atoms with Gasteiger partial charge in [-0.1, -0.05) is 31.4 Å². The molecule has 0 aliphatic heterocycles. The highest BCUT2D eigenvalue weighted by molar-refractivity contribution is 7.85. The fraction of sp³-hybridized carbons (Fsp3) is 0.714. The average molecular weight is 724 g/mol. The van der Waals surface area contributed by atoms with Gasteiger partial charge in [0.1, 0.15) is 20.8 Å². The first-order chi connectivity index (χ1) is 24.6. The van der Waals surface area contributed by atoms with Crippen LogP contribution in [0.2, 0.25) is 0 Å². The average Bonchev–Trinajstić information content (AvgIpc) is 3.94. The maximum absolute atomic E-state index is 15.8. The summed E-state index contributed by atoms with van der Waals surface area (Å²) in [6.07, 6.45) is 18.0. The second-order valence-electron chi connectivity index (χ2n) is 18.8. The van der Waals surface area contributed by atoms with E-state index in [4.69, 9.17) is 4.74 Å². The van der Waals surface area contributed by atoms with Gasteiger partial charge in [-0.3, -0.25) is 0 Å². The normalized spacial score (nSPS) is 44.1. The first-order valence-corrected chi connectivity index (χ1v) is 21.6. The molecule has 0 N–H and O–H groups in total. The van der Waals surface area contributed by atoms with E-state index in [-0.39, 0.29) is 11.8 Å². The Hall–Kier alpha value is -2.13. The van der Waals surface area contributed by atoms with Gasteiger partial charge in [-0.05, 0) is 183 Å². The molecule has 9 fully saturated rings. The molecule has 15 atom stereocenters. The van der Waals surface area contributed by atoms with Crippen LogP contribution in [0.1, 0.15) is 131 Å². The van der Waals surface area contributed by atoms with Gasteiger partial charge in [-0.2, -0.15) is 8.78 Å². The summed E-state index contributed by atoms with van der Waals surface area (Å²) in [7, 11) is -5.83. The number of fused-ring (bicyclic) bond motifs is 15. The van der Waals surface area contributed by atoms with Crippen molar-refractivity contribution < 1.29 is 35.3 Å².